The van der Waals surface area contributed by atoms with E-state index in [1.165, 1.54) is 7.11 Å². The number of rotatable bonds is 11. The van der Waals surface area contributed by atoms with Crippen LogP contribution in [-0.2, 0) is 14.0 Å². The maximum Gasteiger partial charge on any atom is 0.457 e. The van der Waals surface area contributed by atoms with Crippen molar-refractivity contribution in [3.8, 4) is 11.5 Å². The standard InChI is InChI=1S/C24H27N4O6P/c1-31-16-17-32-24(29)28-22(18-12-14-19(15-13-18)27-23(25)26)35(30,33-20-8-4-2-5-9-20)34-21-10-6-3-7-11-21/h2-15,22H,16-17H2,1H3,(H,28,29)(H4,25,26,27). The summed E-state index contributed by atoms with van der Waals surface area (Å²) < 4.78 is 36.3. The smallest absolute Gasteiger partial charge is 0.447 e. The van der Waals surface area contributed by atoms with Crippen molar-refractivity contribution in [1.82, 2.24) is 5.32 Å². The van der Waals surface area contributed by atoms with E-state index in [0.717, 1.165) is 0 Å². The lowest BCUT2D eigenvalue weighted by Gasteiger charge is -2.28. The fourth-order valence-corrected chi connectivity index (χ4v) is 4.86. The van der Waals surface area contributed by atoms with Crippen molar-refractivity contribution in [3.05, 3.63) is 90.5 Å². The van der Waals surface area contributed by atoms with Crippen LogP contribution in [0.3, 0.4) is 0 Å². The number of nitrogens with one attached hydrogen (secondary N) is 1. The molecule has 0 saturated carbocycles. The Hall–Kier alpha value is -4.01. The number of amides is 1. The number of aliphatic imine (C=N–C) groups is 1. The van der Waals surface area contributed by atoms with Gasteiger partial charge in [-0.2, -0.15) is 0 Å². The molecule has 0 saturated heterocycles. The van der Waals surface area contributed by atoms with Gasteiger partial charge in [0.1, 0.15) is 18.1 Å². The number of guanidine groups is 1. The van der Waals surface area contributed by atoms with Gasteiger partial charge in [-0.25, -0.2) is 14.4 Å². The van der Waals surface area contributed by atoms with Crippen molar-refractivity contribution < 1.29 is 27.9 Å². The molecule has 0 fully saturated rings. The molecule has 11 heteroatoms. The van der Waals surface area contributed by atoms with Crippen LogP contribution in [0.1, 0.15) is 11.3 Å². The van der Waals surface area contributed by atoms with Gasteiger partial charge in [0.05, 0.1) is 12.3 Å². The van der Waals surface area contributed by atoms with Gasteiger partial charge in [0.2, 0.25) is 0 Å². The lowest BCUT2D eigenvalue weighted by Crippen LogP contribution is -2.32. The third-order valence-electron chi connectivity index (χ3n) is 4.51. The molecule has 1 unspecified atom stereocenters. The molecule has 0 aliphatic rings. The van der Waals surface area contributed by atoms with Gasteiger partial charge < -0.3 is 35.3 Å². The summed E-state index contributed by atoms with van der Waals surface area (Å²) in [5.74, 6) is -0.766. The Balaban J connectivity index is 2.02. The summed E-state index contributed by atoms with van der Waals surface area (Å²) in [5, 5.41) is 2.62. The molecule has 184 valence electrons. The molecule has 0 aliphatic heterocycles. The highest BCUT2D eigenvalue weighted by Gasteiger charge is 2.42. The number of hydrogen-bond acceptors (Lipinski definition) is 7. The summed E-state index contributed by atoms with van der Waals surface area (Å²) in [6.07, 6.45) is -0.825. The molecule has 0 aromatic heterocycles. The molecule has 0 bridgehead atoms. The molecular weight excluding hydrogens is 471 g/mol. The van der Waals surface area contributed by atoms with Crippen molar-refractivity contribution in [2.24, 2.45) is 16.5 Å². The lowest BCUT2D eigenvalue weighted by atomic mass is 10.2. The highest BCUT2D eigenvalue weighted by Crippen LogP contribution is 2.59. The number of nitrogens with two attached hydrogens (primary N) is 2. The summed E-state index contributed by atoms with van der Waals surface area (Å²) >= 11 is 0. The van der Waals surface area contributed by atoms with Gasteiger partial charge in [0.25, 0.3) is 0 Å². The summed E-state index contributed by atoms with van der Waals surface area (Å²) in [4.78, 5) is 16.6. The van der Waals surface area contributed by atoms with Crippen LogP contribution < -0.4 is 25.8 Å². The van der Waals surface area contributed by atoms with Crippen molar-refractivity contribution in [3.63, 3.8) is 0 Å². The van der Waals surface area contributed by atoms with Gasteiger partial charge in [0, 0.05) is 7.11 Å². The highest BCUT2D eigenvalue weighted by molar-refractivity contribution is 7.55. The van der Waals surface area contributed by atoms with E-state index < -0.39 is 19.5 Å². The van der Waals surface area contributed by atoms with Crippen LogP contribution in [0.2, 0.25) is 0 Å². The SMILES string of the molecule is COCCOC(=O)NC(c1ccc(N=C(N)N)cc1)P(=O)(Oc1ccccc1)Oc1ccccc1. The molecule has 3 rings (SSSR count). The second-order valence-corrected chi connectivity index (χ2v) is 9.11. The molecule has 3 aromatic carbocycles. The average molecular weight is 498 g/mol. The van der Waals surface area contributed by atoms with Crippen LogP contribution in [0.5, 0.6) is 11.5 Å². The molecule has 3 aromatic rings. The van der Waals surface area contributed by atoms with Gasteiger partial charge >= 0.3 is 13.7 Å². The van der Waals surface area contributed by atoms with Gasteiger partial charge in [-0.15, -0.1) is 0 Å². The van der Waals surface area contributed by atoms with Crippen molar-refractivity contribution >= 4 is 25.3 Å². The fourth-order valence-electron chi connectivity index (χ4n) is 2.98. The van der Waals surface area contributed by atoms with E-state index in [4.69, 9.17) is 30.0 Å². The first-order valence-electron chi connectivity index (χ1n) is 10.6. The Bertz CT molecular complexity index is 1110. The Morgan fingerprint density at radius 1 is 0.886 bits per heavy atom. The van der Waals surface area contributed by atoms with E-state index in [9.17, 15) is 9.36 Å². The van der Waals surface area contributed by atoms with E-state index in [-0.39, 0.29) is 19.2 Å². The maximum atomic E-state index is 14.4. The molecule has 0 radical (unpaired) electrons. The van der Waals surface area contributed by atoms with Gasteiger partial charge in [0.15, 0.2) is 11.7 Å². The summed E-state index contributed by atoms with van der Waals surface area (Å²) in [6.45, 7) is 0.200. The van der Waals surface area contributed by atoms with Gasteiger partial charge in [-0.3, -0.25) is 0 Å². The first-order valence-corrected chi connectivity index (χ1v) is 12.2. The van der Waals surface area contributed by atoms with Crippen LogP contribution in [0.4, 0.5) is 10.5 Å². The summed E-state index contributed by atoms with van der Waals surface area (Å²) in [5.41, 5.74) is 11.8. The number of nitrogens with zero attached hydrogens (tertiary/aromatic N) is 1. The highest BCUT2D eigenvalue weighted by atomic mass is 31.2. The fraction of sp³-hybridized carbons (Fsp3) is 0.167. The van der Waals surface area contributed by atoms with Gasteiger partial charge in [-0.05, 0) is 42.0 Å². The van der Waals surface area contributed by atoms with Crippen molar-refractivity contribution in [2.45, 2.75) is 5.78 Å². The topological polar surface area (TPSA) is 147 Å². The first kappa shape index (κ1) is 25.6. The molecular formula is C24H27N4O6P. The minimum atomic E-state index is -4.16. The van der Waals surface area contributed by atoms with Crippen LogP contribution in [0, 0.1) is 0 Å². The van der Waals surface area contributed by atoms with E-state index in [0.29, 0.717) is 22.7 Å². The van der Waals surface area contributed by atoms with Crippen LogP contribution in [0.25, 0.3) is 0 Å². The number of para-hydroxylation sites is 2. The predicted octanol–water partition coefficient (Wildman–Crippen LogP) is 4.31. The number of benzene rings is 3. The number of methoxy groups -OCH3 is 1. The van der Waals surface area contributed by atoms with Crippen LogP contribution >= 0.6 is 7.60 Å². The van der Waals surface area contributed by atoms with Crippen molar-refractivity contribution in [1.29, 1.82) is 0 Å². The van der Waals surface area contributed by atoms with E-state index >= 15 is 0 Å². The van der Waals surface area contributed by atoms with E-state index in [1.54, 1.807) is 84.9 Å². The Labute approximate surface area is 203 Å². The van der Waals surface area contributed by atoms with Gasteiger partial charge in [-0.1, -0.05) is 48.5 Å². The minimum Gasteiger partial charge on any atom is -0.447 e. The number of carbonyl (C=O) groups is 1. The molecule has 35 heavy (non-hydrogen) atoms. The summed E-state index contributed by atoms with van der Waals surface area (Å²) in [7, 11) is -2.68. The molecule has 1 amide bonds. The second-order valence-electron chi connectivity index (χ2n) is 7.15. The lowest BCUT2D eigenvalue weighted by molar-refractivity contribution is 0.0974. The number of alkyl carbamates (subject to hydrolysis) is 1. The first-order chi connectivity index (χ1) is 16.9. The second kappa shape index (κ2) is 12.5. The number of hydrogen-bond donors (Lipinski definition) is 3. The van der Waals surface area contributed by atoms with Crippen LogP contribution in [-0.4, -0.2) is 32.4 Å². The normalized spacial score (nSPS) is 11.7. The number of ether oxygens (including phenoxy) is 2. The Morgan fingerprint density at radius 2 is 1.43 bits per heavy atom. The molecule has 0 aliphatic carbocycles. The largest absolute Gasteiger partial charge is 0.457 e. The Kier molecular flexibility index (Phi) is 9.11. The average Bonchev–Trinajstić information content (AvgIpc) is 2.84. The third-order valence-corrected chi connectivity index (χ3v) is 6.50. The third kappa shape index (κ3) is 7.77. The zero-order chi connectivity index (χ0) is 25.1. The monoisotopic (exact) mass is 498 g/mol. The Morgan fingerprint density at radius 3 is 1.91 bits per heavy atom. The zero-order valence-electron chi connectivity index (χ0n) is 19.1. The molecule has 10 nitrogen and oxygen atoms in total. The predicted molar refractivity (Wildman–Crippen MR) is 133 cm³/mol. The quantitative estimate of drug-likeness (QED) is 0.153. The van der Waals surface area contributed by atoms with E-state index in [2.05, 4.69) is 10.3 Å². The number of carbonyl (C=O) groups excluding carboxylic acids is 1. The molecule has 0 heterocycles. The van der Waals surface area contributed by atoms with Crippen LogP contribution in [0.15, 0.2) is 89.9 Å². The molecule has 5 N–H and O–H groups in total. The maximum absolute atomic E-state index is 14.4. The summed E-state index contributed by atoms with van der Waals surface area (Å²) in [6, 6.07) is 23.5. The van der Waals surface area contributed by atoms with E-state index in [1.807, 2.05) is 0 Å². The molecule has 0 spiro atoms. The minimum absolute atomic E-state index is 0.00185. The zero-order valence-corrected chi connectivity index (χ0v) is 20.0. The van der Waals surface area contributed by atoms with Crippen molar-refractivity contribution in [2.75, 3.05) is 20.3 Å². The molecule has 1 atom stereocenters.